The highest BCUT2D eigenvalue weighted by atomic mass is 35.5. The Labute approximate surface area is 115 Å². The van der Waals surface area contributed by atoms with Crippen LogP contribution in [0, 0.1) is 5.41 Å². The summed E-state index contributed by atoms with van der Waals surface area (Å²) >= 11 is 6.11. The first-order chi connectivity index (χ1) is 8.63. The second kappa shape index (κ2) is 5.94. The summed E-state index contributed by atoms with van der Waals surface area (Å²) in [5.41, 5.74) is 1.71. The van der Waals surface area contributed by atoms with Crippen LogP contribution in [0.25, 0.3) is 0 Å². The van der Waals surface area contributed by atoms with Crippen molar-refractivity contribution in [3.05, 3.63) is 28.8 Å². The zero-order chi connectivity index (χ0) is 13.0. The third-order valence-corrected chi connectivity index (χ3v) is 4.20. The lowest BCUT2D eigenvalue weighted by molar-refractivity contribution is 0.314. The van der Waals surface area contributed by atoms with Gasteiger partial charge in [0.2, 0.25) is 0 Å². The Hall–Kier alpha value is -0.730. The maximum Gasteiger partial charge on any atom is 0.137 e. The SMILES string of the molecule is COc1ccc(CNCC2(C)CCCC2)cc1Cl. The summed E-state index contributed by atoms with van der Waals surface area (Å²) in [6.07, 6.45) is 5.46. The van der Waals surface area contributed by atoms with Gasteiger partial charge in [-0.1, -0.05) is 37.4 Å². The van der Waals surface area contributed by atoms with E-state index in [-0.39, 0.29) is 0 Å². The van der Waals surface area contributed by atoms with Gasteiger partial charge in [0.25, 0.3) is 0 Å². The Bertz CT molecular complexity index is 399. The van der Waals surface area contributed by atoms with E-state index in [1.807, 2.05) is 12.1 Å². The molecule has 1 aromatic rings. The first kappa shape index (κ1) is 13.7. The standard InChI is InChI=1S/C15H22ClNO/c1-15(7-3-4-8-15)11-17-10-12-5-6-14(18-2)13(16)9-12/h5-6,9,17H,3-4,7-8,10-11H2,1-2H3. The van der Waals surface area contributed by atoms with Crippen molar-refractivity contribution in [2.45, 2.75) is 39.2 Å². The van der Waals surface area contributed by atoms with Crippen molar-refractivity contribution in [3.63, 3.8) is 0 Å². The first-order valence-electron chi connectivity index (χ1n) is 6.66. The van der Waals surface area contributed by atoms with Crippen molar-refractivity contribution in [1.82, 2.24) is 5.32 Å². The van der Waals surface area contributed by atoms with Crippen LogP contribution < -0.4 is 10.1 Å². The van der Waals surface area contributed by atoms with Gasteiger partial charge in [-0.3, -0.25) is 0 Å². The molecule has 1 aliphatic rings. The van der Waals surface area contributed by atoms with Crippen molar-refractivity contribution in [2.75, 3.05) is 13.7 Å². The molecule has 0 aromatic heterocycles. The van der Waals surface area contributed by atoms with Crippen LogP contribution in [0.5, 0.6) is 5.75 Å². The lowest BCUT2D eigenvalue weighted by Crippen LogP contribution is -2.29. The van der Waals surface area contributed by atoms with Crippen molar-refractivity contribution in [2.24, 2.45) is 5.41 Å². The molecule has 0 aliphatic heterocycles. The van der Waals surface area contributed by atoms with Gasteiger partial charge in [0, 0.05) is 13.1 Å². The van der Waals surface area contributed by atoms with Crippen LogP contribution in [0.4, 0.5) is 0 Å². The van der Waals surface area contributed by atoms with Gasteiger partial charge in [0.05, 0.1) is 12.1 Å². The molecule has 1 saturated carbocycles. The second-order valence-electron chi connectivity index (χ2n) is 5.59. The predicted molar refractivity (Wildman–Crippen MR) is 76.3 cm³/mol. The van der Waals surface area contributed by atoms with E-state index in [0.29, 0.717) is 10.4 Å². The third kappa shape index (κ3) is 3.39. The van der Waals surface area contributed by atoms with Gasteiger partial charge < -0.3 is 10.1 Å². The van der Waals surface area contributed by atoms with Gasteiger partial charge in [0.1, 0.15) is 5.75 Å². The molecule has 0 atom stereocenters. The monoisotopic (exact) mass is 267 g/mol. The molecule has 1 aliphatic carbocycles. The van der Waals surface area contributed by atoms with E-state index >= 15 is 0 Å². The van der Waals surface area contributed by atoms with E-state index in [1.54, 1.807) is 7.11 Å². The molecule has 0 unspecified atom stereocenters. The molecule has 1 N–H and O–H groups in total. The molecule has 0 bridgehead atoms. The molecule has 0 saturated heterocycles. The fourth-order valence-electron chi connectivity index (χ4n) is 2.73. The number of ether oxygens (including phenoxy) is 1. The highest BCUT2D eigenvalue weighted by Crippen LogP contribution is 2.36. The molecule has 0 amide bonds. The number of benzene rings is 1. The number of hydrogen-bond acceptors (Lipinski definition) is 2. The molecule has 0 heterocycles. The van der Waals surface area contributed by atoms with Gasteiger partial charge in [0.15, 0.2) is 0 Å². The Morgan fingerprint density at radius 1 is 1.33 bits per heavy atom. The third-order valence-electron chi connectivity index (χ3n) is 3.91. The summed E-state index contributed by atoms with van der Waals surface area (Å²) in [5, 5.41) is 4.23. The van der Waals surface area contributed by atoms with Crippen molar-refractivity contribution in [1.29, 1.82) is 0 Å². The molecule has 2 rings (SSSR count). The van der Waals surface area contributed by atoms with Crippen molar-refractivity contribution >= 4 is 11.6 Å². The van der Waals surface area contributed by atoms with E-state index in [2.05, 4.69) is 18.3 Å². The molecule has 100 valence electrons. The molecular formula is C15H22ClNO. The predicted octanol–water partition coefficient (Wildman–Crippen LogP) is 4.02. The highest BCUT2D eigenvalue weighted by Gasteiger charge is 2.27. The van der Waals surface area contributed by atoms with Crippen LogP contribution in [-0.2, 0) is 6.54 Å². The second-order valence-corrected chi connectivity index (χ2v) is 6.00. The minimum Gasteiger partial charge on any atom is -0.495 e. The quantitative estimate of drug-likeness (QED) is 0.870. The molecule has 1 fully saturated rings. The average molecular weight is 268 g/mol. The zero-order valence-electron chi connectivity index (χ0n) is 11.3. The number of methoxy groups -OCH3 is 1. The highest BCUT2D eigenvalue weighted by molar-refractivity contribution is 6.32. The minimum absolute atomic E-state index is 0.496. The van der Waals surface area contributed by atoms with Gasteiger partial charge in [-0.25, -0.2) is 0 Å². The molecule has 0 radical (unpaired) electrons. The Balaban J connectivity index is 1.85. The van der Waals surface area contributed by atoms with Crippen LogP contribution in [0.2, 0.25) is 5.02 Å². The maximum atomic E-state index is 6.11. The molecule has 1 aromatic carbocycles. The molecule has 18 heavy (non-hydrogen) atoms. The van der Waals surface area contributed by atoms with E-state index in [0.717, 1.165) is 18.8 Å². The lowest BCUT2D eigenvalue weighted by Gasteiger charge is -2.23. The summed E-state index contributed by atoms with van der Waals surface area (Å²) in [6, 6.07) is 5.97. The van der Waals surface area contributed by atoms with Crippen LogP contribution >= 0.6 is 11.6 Å². The van der Waals surface area contributed by atoms with E-state index in [9.17, 15) is 0 Å². The number of rotatable bonds is 5. The van der Waals surface area contributed by atoms with E-state index in [4.69, 9.17) is 16.3 Å². The Morgan fingerprint density at radius 2 is 2.06 bits per heavy atom. The van der Waals surface area contributed by atoms with Crippen molar-refractivity contribution in [3.8, 4) is 5.75 Å². The summed E-state index contributed by atoms with van der Waals surface area (Å²) < 4.78 is 5.15. The number of halogens is 1. The molecular weight excluding hydrogens is 246 g/mol. The lowest BCUT2D eigenvalue weighted by atomic mass is 9.89. The van der Waals surface area contributed by atoms with Gasteiger partial charge in [-0.05, 0) is 36.0 Å². The van der Waals surface area contributed by atoms with Crippen LogP contribution in [0.3, 0.4) is 0 Å². The number of hydrogen-bond donors (Lipinski definition) is 1. The molecule has 0 spiro atoms. The summed E-state index contributed by atoms with van der Waals surface area (Å²) in [5.74, 6) is 0.739. The topological polar surface area (TPSA) is 21.3 Å². The minimum atomic E-state index is 0.496. The Kier molecular flexibility index (Phi) is 4.52. The largest absolute Gasteiger partial charge is 0.495 e. The van der Waals surface area contributed by atoms with Crippen molar-refractivity contribution < 1.29 is 4.74 Å². The zero-order valence-corrected chi connectivity index (χ0v) is 12.0. The normalized spacial score (nSPS) is 17.9. The summed E-state index contributed by atoms with van der Waals surface area (Å²) in [6.45, 7) is 4.35. The van der Waals surface area contributed by atoms with Crippen LogP contribution in [0.1, 0.15) is 38.2 Å². The summed E-state index contributed by atoms with van der Waals surface area (Å²) in [7, 11) is 1.64. The fourth-order valence-corrected chi connectivity index (χ4v) is 3.01. The van der Waals surface area contributed by atoms with Gasteiger partial charge >= 0.3 is 0 Å². The first-order valence-corrected chi connectivity index (χ1v) is 7.04. The molecule has 3 heteroatoms. The van der Waals surface area contributed by atoms with E-state index < -0.39 is 0 Å². The number of nitrogens with one attached hydrogen (secondary N) is 1. The maximum absolute atomic E-state index is 6.11. The fraction of sp³-hybridized carbons (Fsp3) is 0.600. The van der Waals surface area contributed by atoms with Gasteiger partial charge in [-0.2, -0.15) is 0 Å². The van der Waals surface area contributed by atoms with E-state index in [1.165, 1.54) is 31.2 Å². The Morgan fingerprint density at radius 3 is 2.67 bits per heavy atom. The smallest absolute Gasteiger partial charge is 0.137 e. The average Bonchev–Trinajstić information content (AvgIpc) is 2.77. The van der Waals surface area contributed by atoms with Crippen LogP contribution in [0.15, 0.2) is 18.2 Å². The molecule has 2 nitrogen and oxygen atoms in total. The van der Waals surface area contributed by atoms with Gasteiger partial charge in [-0.15, -0.1) is 0 Å². The summed E-state index contributed by atoms with van der Waals surface area (Å²) in [4.78, 5) is 0. The van der Waals surface area contributed by atoms with Crippen LogP contribution in [-0.4, -0.2) is 13.7 Å².